The molecule has 0 spiro atoms. The summed E-state index contributed by atoms with van der Waals surface area (Å²) in [5.74, 6) is 1.75. The molecule has 0 fully saturated rings. The number of nitrogens with zero attached hydrogens (tertiary/aromatic N) is 2. The molecule has 0 radical (unpaired) electrons. The molecular weight excluding hydrogens is 685 g/mol. The number of fused-ring (bicyclic) bond motifs is 9. The lowest BCUT2D eigenvalue weighted by Crippen LogP contribution is -2.11. The smallest absolute Gasteiger partial charge is 0.152 e. The summed E-state index contributed by atoms with van der Waals surface area (Å²) in [6, 6.07) is 69.1. The average Bonchev–Trinajstić information content (AvgIpc) is 3.81. The maximum atomic E-state index is 6.60. The summed E-state index contributed by atoms with van der Waals surface area (Å²) in [5, 5.41) is 7.00. The Hall–Kier alpha value is -7.56. The van der Waals surface area contributed by atoms with Crippen LogP contribution in [0.25, 0.3) is 82.5 Å². The van der Waals surface area contributed by atoms with Crippen LogP contribution < -0.4 is 9.64 Å². The van der Waals surface area contributed by atoms with Crippen molar-refractivity contribution in [3.05, 3.63) is 194 Å². The maximum absolute atomic E-state index is 6.60. The maximum Gasteiger partial charge on any atom is 0.152 e. The van der Waals surface area contributed by atoms with Crippen LogP contribution in [-0.4, -0.2) is 4.57 Å². The van der Waals surface area contributed by atoms with Gasteiger partial charge in [0.25, 0.3) is 0 Å². The largest absolute Gasteiger partial charge is 0.455 e. The number of ether oxygens (including phenoxy) is 1. The summed E-state index contributed by atoms with van der Waals surface area (Å²) in [6.07, 6.45) is 0. The first-order valence-corrected chi connectivity index (χ1v) is 19.0. The van der Waals surface area contributed by atoms with Crippen LogP contribution in [0.3, 0.4) is 0 Å². The number of anilines is 3. The molecule has 2 aromatic heterocycles. The molecule has 262 valence electrons. The van der Waals surface area contributed by atoms with Gasteiger partial charge in [0, 0.05) is 44.0 Å². The highest BCUT2D eigenvalue weighted by Crippen LogP contribution is 2.48. The molecule has 4 nitrogen and oxygen atoms in total. The Bertz CT molecular complexity index is 3370. The van der Waals surface area contributed by atoms with Crippen molar-refractivity contribution in [2.75, 3.05) is 4.90 Å². The quantitative estimate of drug-likeness (QED) is 0.178. The van der Waals surface area contributed by atoms with E-state index in [1.807, 2.05) is 24.3 Å². The summed E-state index contributed by atoms with van der Waals surface area (Å²) in [5.41, 5.74) is 12.7. The number of para-hydroxylation sites is 6. The van der Waals surface area contributed by atoms with Crippen LogP contribution in [0, 0.1) is 0 Å². The summed E-state index contributed by atoms with van der Waals surface area (Å²) < 4.78 is 15.3. The van der Waals surface area contributed by atoms with E-state index in [4.69, 9.17) is 9.15 Å². The molecule has 12 rings (SSSR count). The van der Waals surface area contributed by atoms with Crippen molar-refractivity contribution in [3.63, 3.8) is 0 Å². The van der Waals surface area contributed by atoms with Gasteiger partial charge in [0.2, 0.25) is 0 Å². The van der Waals surface area contributed by atoms with Crippen molar-refractivity contribution < 1.29 is 9.15 Å². The molecule has 0 N–H and O–H groups in total. The van der Waals surface area contributed by atoms with Gasteiger partial charge in [-0.15, -0.1) is 0 Å². The molecule has 1 aliphatic heterocycles. The van der Waals surface area contributed by atoms with Gasteiger partial charge in [-0.05, 0) is 88.6 Å². The second-order valence-corrected chi connectivity index (χ2v) is 14.5. The molecule has 9 aromatic carbocycles. The van der Waals surface area contributed by atoms with E-state index in [9.17, 15) is 0 Å². The fourth-order valence-electron chi connectivity index (χ4n) is 8.82. The summed E-state index contributed by atoms with van der Waals surface area (Å²) in [7, 11) is 0. The Kier molecular flexibility index (Phi) is 6.60. The minimum absolute atomic E-state index is 0.868. The fraction of sp³-hybridized carbons (Fsp3) is 0. The number of hydrogen-bond donors (Lipinski definition) is 0. The first-order chi connectivity index (χ1) is 27.8. The standard InChI is InChI=1S/C52H32N2O2/c1-2-13-34-30-38(28-26-33(34)12-1)53(45-21-5-3-16-39(45)42-19-10-20-43-40-17-4-7-23-48(40)56-52(42)43)37-15-9-14-35(31-37)36-27-29-46-44(32-36)41-18-11-25-50-51(41)54(46)47-22-6-8-24-49(47)55-50/h1-32H. The molecular formula is C52H32N2O2. The number of benzene rings is 9. The Morgan fingerprint density at radius 3 is 2.12 bits per heavy atom. The highest BCUT2D eigenvalue weighted by Gasteiger charge is 2.24. The molecule has 0 unspecified atom stereocenters. The molecule has 11 aromatic rings. The minimum Gasteiger partial charge on any atom is -0.455 e. The lowest BCUT2D eigenvalue weighted by molar-refractivity contribution is 0.476. The Balaban J connectivity index is 1.06. The van der Waals surface area contributed by atoms with Crippen molar-refractivity contribution in [1.82, 2.24) is 4.57 Å². The molecule has 56 heavy (non-hydrogen) atoms. The van der Waals surface area contributed by atoms with Crippen LogP contribution in [0.1, 0.15) is 0 Å². The Labute approximate surface area is 322 Å². The van der Waals surface area contributed by atoms with E-state index in [0.717, 1.165) is 89.5 Å². The van der Waals surface area contributed by atoms with E-state index in [-0.39, 0.29) is 0 Å². The Morgan fingerprint density at radius 1 is 0.429 bits per heavy atom. The van der Waals surface area contributed by atoms with E-state index in [2.05, 4.69) is 179 Å². The van der Waals surface area contributed by atoms with Gasteiger partial charge < -0.3 is 18.6 Å². The van der Waals surface area contributed by atoms with Gasteiger partial charge in [0.15, 0.2) is 11.5 Å². The lowest BCUT2D eigenvalue weighted by atomic mass is 9.98. The number of aromatic nitrogens is 1. The Morgan fingerprint density at radius 2 is 1.14 bits per heavy atom. The lowest BCUT2D eigenvalue weighted by Gasteiger charge is -2.28. The zero-order chi connectivity index (χ0) is 36.7. The first-order valence-electron chi connectivity index (χ1n) is 19.0. The van der Waals surface area contributed by atoms with Crippen LogP contribution in [0.4, 0.5) is 17.1 Å². The zero-order valence-corrected chi connectivity index (χ0v) is 30.2. The van der Waals surface area contributed by atoms with E-state index >= 15 is 0 Å². The van der Waals surface area contributed by atoms with E-state index < -0.39 is 0 Å². The molecule has 0 bridgehead atoms. The second kappa shape index (κ2) is 12.0. The number of furan rings is 1. The monoisotopic (exact) mass is 716 g/mol. The first kappa shape index (κ1) is 30.9. The van der Waals surface area contributed by atoms with Gasteiger partial charge in [-0.3, -0.25) is 0 Å². The van der Waals surface area contributed by atoms with E-state index in [1.165, 1.54) is 21.5 Å². The third-order valence-electron chi connectivity index (χ3n) is 11.3. The van der Waals surface area contributed by atoms with Gasteiger partial charge in [-0.2, -0.15) is 0 Å². The summed E-state index contributed by atoms with van der Waals surface area (Å²) in [4.78, 5) is 2.39. The molecule has 0 amide bonds. The highest BCUT2D eigenvalue weighted by molar-refractivity contribution is 6.14. The third-order valence-corrected chi connectivity index (χ3v) is 11.3. The van der Waals surface area contributed by atoms with Gasteiger partial charge in [-0.25, -0.2) is 0 Å². The van der Waals surface area contributed by atoms with Crippen LogP contribution in [0.2, 0.25) is 0 Å². The van der Waals surface area contributed by atoms with Gasteiger partial charge in [0.1, 0.15) is 11.2 Å². The fourth-order valence-corrected chi connectivity index (χ4v) is 8.82. The third kappa shape index (κ3) is 4.60. The van der Waals surface area contributed by atoms with Gasteiger partial charge in [-0.1, -0.05) is 127 Å². The molecule has 4 heteroatoms. The van der Waals surface area contributed by atoms with Crippen molar-refractivity contribution in [3.8, 4) is 39.4 Å². The SMILES string of the molecule is c1cc(-c2ccc3c(c2)c2cccc4c2n3-c2ccccc2O4)cc(N(c2ccc3ccccc3c2)c2ccccc2-c2cccc3c2oc2ccccc23)c1. The molecule has 0 aliphatic carbocycles. The van der Waals surface area contributed by atoms with Crippen LogP contribution >= 0.6 is 0 Å². The highest BCUT2D eigenvalue weighted by atomic mass is 16.5. The predicted octanol–water partition coefficient (Wildman–Crippen LogP) is 14.7. The minimum atomic E-state index is 0.868. The second-order valence-electron chi connectivity index (χ2n) is 14.5. The normalized spacial score (nSPS) is 12.1. The van der Waals surface area contributed by atoms with Crippen molar-refractivity contribution in [1.29, 1.82) is 0 Å². The van der Waals surface area contributed by atoms with Gasteiger partial charge in [0.05, 0.1) is 22.4 Å². The molecule has 0 atom stereocenters. The topological polar surface area (TPSA) is 30.5 Å². The molecule has 1 aliphatic rings. The van der Waals surface area contributed by atoms with E-state index in [0.29, 0.717) is 0 Å². The zero-order valence-electron chi connectivity index (χ0n) is 30.2. The summed E-state index contributed by atoms with van der Waals surface area (Å²) >= 11 is 0. The van der Waals surface area contributed by atoms with Crippen LogP contribution in [-0.2, 0) is 0 Å². The average molecular weight is 717 g/mol. The van der Waals surface area contributed by atoms with Gasteiger partial charge >= 0.3 is 0 Å². The van der Waals surface area contributed by atoms with Crippen molar-refractivity contribution in [2.45, 2.75) is 0 Å². The molecule has 0 saturated heterocycles. The van der Waals surface area contributed by atoms with E-state index in [1.54, 1.807) is 0 Å². The molecule has 0 saturated carbocycles. The van der Waals surface area contributed by atoms with Crippen LogP contribution in [0.5, 0.6) is 11.5 Å². The van der Waals surface area contributed by atoms with Crippen molar-refractivity contribution in [2.24, 2.45) is 0 Å². The number of rotatable bonds is 5. The van der Waals surface area contributed by atoms with Crippen LogP contribution in [0.15, 0.2) is 199 Å². The summed E-state index contributed by atoms with van der Waals surface area (Å²) in [6.45, 7) is 0. The predicted molar refractivity (Wildman–Crippen MR) is 231 cm³/mol. The molecule has 3 heterocycles. The number of hydrogen-bond acceptors (Lipinski definition) is 3. The van der Waals surface area contributed by atoms with Crippen molar-refractivity contribution >= 4 is 71.6 Å².